The predicted molar refractivity (Wildman–Crippen MR) is 128 cm³/mol. The number of hydrogen-bond donors (Lipinski definition) is 1. The first-order chi connectivity index (χ1) is 15.6. The molecule has 0 radical (unpaired) electrons. The molecule has 0 spiro atoms. The van der Waals surface area contributed by atoms with Crippen LogP contribution in [0, 0.1) is 0 Å². The van der Waals surface area contributed by atoms with Gasteiger partial charge in [-0.15, -0.1) is 0 Å². The Balaban J connectivity index is 1.42. The third-order valence-corrected chi connectivity index (χ3v) is 7.02. The summed E-state index contributed by atoms with van der Waals surface area (Å²) in [7, 11) is 2.16. The molecule has 0 amide bonds. The number of piperazine rings is 1. The van der Waals surface area contributed by atoms with Crippen LogP contribution in [-0.4, -0.2) is 96.7 Å². The standard InChI is InChI=1S/C22H33N7O2S/c1-3-31-21(30)20-19(26-22(32-20)29-8-5-4-6-9-29)17-15-25-18(16-24-17)23-7-10-28-13-11-27(2)12-14-28/h15-16H,3-14H2,1-2H3,(H,23,25). The number of thiazole rings is 1. The molecule has 2 aliphatic heterocycles. The quantitative estimate of drug-likeness (QED) is 0.598. The number of nitrogens with zero attached hydrogens (tertiary/aromatic N) is 6. The van der Waals surface area contributed by atoms with Crippen LogP contribution in [0.3, 0.4) is 0 Å². The van der Waals surface area contributed by atoms with Crippen molar-refractivity contribution in [1.29, 1.82) is 0 Å². The summed E-state index contributed by atoms with van der Waals surface area (Å²) in [6, 6.07) is 0. The van der Waals surface area contributed by atoms with Crippen molar-refractivity contribution >= 4 is 28.3 Å². The van der Waals surface area contributed by atoms with Gasteiger partial charge in [0.05, 0.1) is 19.0 Å². The zero-order valence-electron chi connectivity index (χ0n) is 19.0. The van der Waals surface area contributed by atoms with Gasteiger partial charge in [0.2, 0.25) is 0 Å². The molecule has 0 atom stereocenters. The molecule has 0 bridgehead atoms. The molecule has 4 heterocycles. The molecule has 1 N–H and O–H groups in total. The zero-order valence-corrected chi connectivity index (χ0v) is 19.9. The van der Waals surface area contributed by atoms with Crippen LogP contribution in [0.2, 0.25) is 0 Å². The number of aromatic nitrogens is 3. The van der Waals surface area contributed by atoms with E-state index in [1.54, 1.807) is 12.4 Å². The monoisotopic (exact) mass is 459 g/mol. The van der Waals surface area contributed by atoms with Gasteiger partial charge in [-0.3, -0.25) is 4.90 Å². The van der Waals surface area contributed by atoms with Crippen molar-refractivity contribution in [1.82, 2.24) is 24.8 Å². The van der Waals surface area contributed by atoms with E-state index in [1.165, 1.54) is 17.8 Å². The van der Waals surface area contributed by atoms with Crippen LogP contribution < -0.4 is 10.2 Å². The van der Waals surface area contributed by atoms with Crippen LogP contribution >= 0.6 is 11.3 Å². The van der Waals surface area contributed by atoms with Crippen molar-refractivity contribution in [2.75, 3.05) is 76.2 Å². The van der Waals surface area contributed by atoms with Crippen LogP contribution in [-0.2, 0) is 4.74 Å². The second-order valence-corrected chi connectivity index (χ2v) is 9.28. The number of piperidine rings is 1. The minimum absolute atomic E-state index is 0.330. The first-order valence-electron chi connectivity index (χ1n) is 11.5. The summed E-state index contributed by atoms with van der Waals surface area (Å²) in [4.78, 5) is 34.0. The van der Waals surface area contributed by atoms with E-state index in [0.717, 1.165) is 76.1 Å². The van der Waals surface area contributed by atoms with Gasteiger partial charge in [0.1, 0.15) is 22.1 Å². The van der Waals surface area contributed by atoms with Crippen LogP contribution in [0.15, 0.2) is 12.4 Å². The summed E-state index contributed by atoms with van der Waals surface area (Å²) in [5.41, 5.74) is 1.16. The molecule has 0 aliphatic carbocycles. The van der Waals surface area contributed by atoms with Gasteiger partial charge in [-0.05, 0) is 33.2 Å². The van der Waals surface area contributed by atoms with E-state index in [4.69, 9.17) is 9.72 Å². The normalized spacial score (nSPS) is 18.0. The lowest BCUT2D eigenvalue weighted by atomic mass is 10.1. The highest BCUT2D eigenvalue weighted by Gasteiger charge is 2.25. The molecule has 0 saturated carbocycles. The predicted octanol–water partition coefficient (Wildman–Crippen LogP) is 2.43. The molecule has 10 heteroatoms. The second-order valence-electron chi connectivity index (χ2n) is 8.30. The first kappa shape index (κ1) is 22.9. The fraction of sp³-hybridized carbons (Fsp3) is 0.636. The molecule has 2 aromatic heterocycles. The van der Waals surface area contributed by atoms with E-state index < -0.39 is 0 Å². The van der Waals surface area contributed by atoms with E-state index in [9.17, 15) is 4.79 Å². The third kappa shape index (κ3) is 5.73. The first-order valence-corrected chi connectivity index (χ1v) is 12.4. The Bertz CT molecular complexity index is 875. The molecular weight excluding hydrogens is 426 g/mol. The number of likely N-dealkylation sites (N-methyl/N-ethyl adjacent to an activating group) is 1. The van der Waals surface area contributed by atoms with E-state index >= 15 is 0 Å². The maximum Gasteiger partial charge on any atom is 0.350 e. The third-order valence-electron chi connectivity index (χ3n) is 5.93. The Hall–Kier alpha value is -2.30. The summed E-state index contributed by atoms with van der Waals surface area (Å²) in [6.07, 6.45) is 6.95. The fourth-order valence-corrected chi connectivity index (χ4v) is 5.01. The molecule has 174 valence electrons. The number of carbonyl (C=O) groups excluding carboxylic acids is 1. The summed E-state index contributed by atoms with van der Waals surface area (Å²) >= 11 is 1.39. The van der Waals surface area contributed by atoms with Gasteiger partial charge in [0.15, 0.2) is 5.13 Å². The van der Waals surface area contributed by atoms with E-state index in [2.05, 4.69) is 37.0 Å². The van der Waals surface area contributed by atoms with Gasteiger partial charge in [0.25, 0.3) is 0 Å². The maximum absolute atomic E-state index is 12.6. The molecular formula is C22H33N7O2S. The molecule has 32 heavy (non-hydrogen) atoms. The van der Waals surface area contributed by atoms with Gasteiger partial charge in [-0.1, -0.05) is 11.3 Å². The number of hydrogen-bond acceptors (Lipinski definition) is 10. The number of esters is 1. The largest absolute Gasteiger partial charge is 0.462 e. The Kier molecular flexibility index (Phi) is 7.88. The topological polar surface area (TPSA) is 86.7 Å². The van der Waals surface area contributed by atoms with Crippen molar-refractivity contribution in [2.24, 2.45) is 0 Å². The number of nitrogens with one attached hydrogen (secondary N) is 1. The number of rotatable bonds is 8. The maximum atomic E-state index is 12.6. The van der Waals surface area contributed by atoms with Gasteiger partial charge >= 0.3 is 5.97 Å². The van der Waals surface area contributed by atoms with E-state index in [0.29, 0.717) is 22.9 Å². The summed E-state index contributed by atoms with van der Waals surface area (Å²) in [6.45, 7) is 10.3. The molecule has 4 rings (SSSR count). The SMILES string of the molecule is CCOC(=O)c1sc(N2CCCCC2)nc1-c1cnc(NCCN2CCN(C)CC2)cn1. The lowest BCUT2D eigenvalue weighted by Crippen LogP contribution is -2.45. The van der Waals surface area contributed by atoms with Crippen molar-refractivity contribution < 1.29 is 9.53 Å². The van der Waals surface area contributed by atoms with Crippen molar-refractivity contribution in [2.45, 2.75) is 26.2 Å². The lowest BCUT2D eigenvalue weighted by molar-refractivity contribution is 0.0532. The van der Waals surface area contributed by atoms with E-state index in [-0.39, 0.29) is 5.97 Å². The highest BCUT2D eigenvalue weighted by molar-refractivity contribution is 7.17. The summed E-state index contributed by atoms with van der Waals surface area (Å²) in [5, 5.41) is 4.21. The summed E-state index contributed by atoms with van der Waals surface area (Å²) in [5.74, 6) is 0.381. The minimum atomic E-state index is -0.348. The Labute approximate surface area is 193 Å². The highest BCUT2D eigenvalue weighted by Crippen LogP contribution is 2.34. The van der Waals surface area contributed by atoms with Gasteiger partial charge in [-0.2, -0.15) is 0 Å². The molecule has 0 unspecified atom stereocenters. The zero-order chi connectivity index (χ0) is 22.3. The van der Waals surface area contributed by atoms with Crippen LogP contribution in [0.25, 0.3) is 11.4 Å². The lowest BCUT2D eigenvalue weighted by Gasteiger charge is -2.32. The minimum Gasteiger partial charge on any atom is -0.462 e. The Morgan fingerprint density at radius 1 is 1.09 bits per heavy atom. The smallest absolute Gasteiger partial charge is 0.350 e. The van der Waals surface area contributed by atoms with Crippen LogP contribution in [0.1, 0.15) is 35.9 Å². The van der Waals surface area contributed by atoms with Gasteiger partial charge in [-0.25, -0.2) is 19.7 Å². The number of ether oxygens (including phenoxy) is 1. The molecule has 9 nitrogen and oxygen atoms in total. The molecule has 0 aromatic carbocycles. The Morgan fingerprint density at radius 3 is 2.56 bits per heavy atom. The molecule has 2 fully saturated rings. The van der Waals surface area contributed by atoms with Gasteiger partial charge < -0.3 is 19.9 Å². The van der Waals surface area contributed by atoms with Crippen LogP contribution in [0.4, 0.5) is 10.9 Å². The average molecular weight is 460 g/mol. The van der Waals surface area contributed by atoms with Crippen molar-refractivity contribution in [3.8, 4) is 11.4 Å². The fourth-order valence-electron chi connectivity index (χ4n) is 3.99. The Morgan fingerprint density at radius 2 is 1.88 bits per heavy atom. The molecule has 2 aliphatic rings. The van der Waals surface area contributed by atoms with Crippen molar-refractivity contribution in [3.05, 3.63) is 17.3 Å². The van der Waals surface area contributed by atoms with Crippen molar-refractivity contribution in [3.63, 3.8) is 0 Å². The molecule has 2 aromatic rings. The molecule has 2 saturated heterocycles. The second kappa shape index (κ2) is 11.0. The van der Waals surface area contributed by atoms with Gasteiger partial charge in [0, 0.05) is 52.4 Å². The average Bonchev–Trinajstić information content (AvgIpc) is 3.27. The highest BCUT2D eigenvalue weighted by atomic mass is 32.1. The number of anilines is 2. The van der Waals surface area contributed by atoms with Crippen LogP contribution in [0.5, 0.6) is 0 Å². The summed E-state index contributed by atoms with van der Waals surface area (Å²) < 4.78 is 5.28. The number of carbonyl (C=O) groups is 1. The van der Waals surface area contributed by atoms with E-state index in [1.807, 2.05) is 6.92 Å².